The van der Waals surface area contributed by atoms with Gasteiger partial charge in [-0.15, -0.1) is 0 Å². The van der Waals surface area contributed by atoms with Gasteiger partial charge in [0.25, 0.3) is 0 Å². The van der Waals surface area contributed by atoms with Gasteiger partial charge in [0, 0.05) is 11.3 Å². The highest BCUT2D eigenvalue weighted by atomic mass is 32.2. The number of benzene rings is 1. The van der Waals surface area contributed by atoms with Gasteiger partial charge in [0.15, 0.2) is 6.17 Å². The minimum atomic E-state index is -5.68. The highest BCUT2D eigenvalue weighted by molar-refractivity contribution is 8.14. The van der Waals surface area contributed by atoms with Crippen LogP contribution in [0, 0.1) is 0 Å². The Morgan fingerprint density at radius 2 is 1.50 bits per heavy atom. The minimum absolute atomic E-state index is 0.206. The van der Waals surface area contributed by atoms with Crippen molar-refractivity contribution >= 4 is 16.9 Å². The number of hydrogen-bond acceptors (Lipinski definition) is 2. The molecule has 0 aliphatic rings. The first-order valence-corrected chi connectivity index (χ1v) is 7.53. The molecule has 0 spiro atoms. The SMILES string of the molecule is O=C(SCCC(F)C(F)(F)C(F)C(F)(F)C(F)F)c1ccccc1. The summed E-state index contributed by atoms with van der Waals surface area (Å²) < 4.78 is 102. The summed E-state index contributed by atoms with van der Waals surface area (Å²) in [7, 11) is 0. The van der Waals surface area contributed by atoms with E-state index in [9.17, 15) is 39.9 Å². The van der Waals surface area contributed by atoms with Gasteiger partial charge in [0.2, 0.25) is 11.3 Å². The van der Waals surface area contributed by atoms with Crippen LogP contribution < -0.4 is 0 Å². The van der Waals surface area contributed by atoms with Crippen molar-refractivity contribution in [1.82, 2.24) is 0 Å². The van der Waals surface area contributed by atoms with Crippen molar-refractivity contribution < 1.29 is 39.9 Å². The van der Waals surface area contributed by atoms with E-state index < -0.39 is 47.9 Å². The molecule has 0 aliphatic carbocycles. The molecule has 0 heterocycles. The quantitative estimate of drug-likeness (QED) is 0.580. The fourth-order valence-corrected chi connectivity index (χ4v) is 2.44. The summed E-state index contributed by atoms with van der Waals surface area (Å²) in [6, 6.07) is 7.50. The lowest BCUT2D eigenvalue weighted by atomic mass is 10.0. The van der Waals surface area contributed by atoms with Crippen molar-refractivity contribution in [1.29, 1.82) is 0 Å². The van der Waals surface area contributed by atoms with Crippen molar-refractivity contribution in [3.8, 4) is 0 Å². The summed E-state index contributed by atoms with van der Waals surface area (Å²) in [6.07, 6.45) is -14.0. The van der Waals surface area contributed by atoms with Crippen molar-refractivity contribution in [2.75, 3.05) is 5.75 Å². The standard InChI is InChI=1S/C14H12F8OS/c15-9(13(19,20)11(16)14(21,22)12(17)18)6-7-24-10(23)8-4-2-1-3-5-8/h1-5,9,11-12H,6-7H2. The number of thioether (sulfide) groups is 1. The number of carbonyl (C=O) groups is 1. The molecule has 0 amide bonds. The van der Waals surface area contributed by atoms with Crippen LogP contribution in [0.25, 0.3) is 0 Å². The van der Waals surface area contributed by atoms with Crippen molar-refractivity contribution in [2.24, 2.45) is 0 Å². The van der Waals surface area contributed by atoms with Gasteiger partial charge in [-0.05, 0) is 6.42 Å². The maximum Gasteiger partial charge on any atom is 0.343 e. The summed E-state index contributed by atoms with van der Waals surface area (Å²) >= 11 is 0.429. The lowest BCUT2D eigenvalue weighted by Gasteiger charge is -2.29. The van der Waals surface area contributed by atoms with Gasteiger partial charge in [-0.1, -0.05) is 42.1 Å². The largest absolute Gasteiger partial charge is 0.343 e. The van der Waals surface area contributed by atoms with Crippen LogP contribution in [-0.4, -0.2) is 41.5 Å². The zero-order valence-electron chi connectivity index (χ0n) is 11.9. The molecule has 10 heteroatoms. The topological polar surface area (TPSA) is 17.1 Å². The highest BCUT2D eigenvalue weighted by Crippen LogP contribution is 2.41. The molecule has 2 atom stereocenters. The molecule has 1 rings (SSSR count). The fourth-order valence-electron chi connectivity index (χ4n) is 1.63. The van der Waals surface area contributed by atoms with Gasteiger partial charge in [-0.3, -0.25) is 4.79 Å². The maximum absolute atomic E-state index is 13.4. The van der Waals surface area contributed by atoms with Crippen LogP contribution in [0.1, 0.15) is 16.8 Å². The van der Waals surface area contributed by atoms with Crippen LogP contribution in [0.4, 0.5) is 35.1 Å². The van der Waals surface area contributed by atoms with E-state index in [-0.39, 0.29) is 5.56 Å². The van der Waals surface area contributed by atoms with E-state index >= 15 is 0 Å². The Morgan fingerprint density at radius 1 is 0.958 bits per heavy atom. The Bertz CT molecular complexity index is 537. The van der Waals surface area contributed by atoms with Crippen LogP contribution in [-0.2, 0) is 0 Å². The fraction of sp³-hybridized carbons (Fsp3) is 0.500. The molecule has 0 aromatic heterocycles. The predicted molar refractivity (Wildman–Crippen MR) is 73.5 cm³/mol. The Hall–Kier alpha value is -1.32. The van der Waals surface area contributed by atoms with E-state index in [1.807, 2.05) is 0 Å². The molecule has 0 radical (unpaired) electrons. The van der Waals surface area contributed by atoms with Crippen LogP contribution >= 0.6 is 11.8 Å². The second-order valence-electron chi connectivity index (χ2n) is 4.77. The summed E-state index contributed by atoms with van der Waals surface area (Å²) in [4.78, 5) is 11.6. The molecule has 136 valence electrons. The van der Waals surface area contributed by atoms with Gasteiger partial charge in [-0.25, -0.2) is 17.6 Å². The number of rotatable bonds is 8. The minimum Gasteiger partial charge on any atom is -0.282 e. The second kappa shape index (κ2) is 8.17. The lowest BCUT2D eigenvalue weighted by molar-refractivity contribution is -0.246. The van der Waals surface area contributed by atoms with Gasteiger partial charge in [0.1, 0.15) is 0 Å². The van der Waals surface area contributed by atoms with Crippen LogP contribution in [0.5, 0.6) is 0 Å². The molecule has 2 unspecified atom stereocenters. The Morgan fingerprint density at radius 3 is 2.00 bits per heavy atom. The third-order valence-corrected chi connectivity index (χ3v) is 3.94. The van der Waals surface area contributed by atoms with Gasteiger partial charge < -0.3 is 0 Å². The van der Waals surface area contributed by atoms with E-state index in [1.165, 1.54) is 24.3 Å². The summed E-state index contributed by atoms with van der Waals surface area (Å²) in [5, 5.41) is -0.583. The molecule has 0 N–H and O–H groups in total. The molecule has 0 bridgehead atoms. The van der Waals surface area contributed by atoms with Crippen LogP contribution in [0.15, 0.2) is 30.3 Å². The molecular formula is C14H12F8OS. The van der Waals surface area contributed by atoms with Gasteiger partial charge in [-0.2, -0.15) is 17.6 Å². The average Bonchev–Trinajstić information content (AvgIpc) is 2.54. The zero-order valence-corrected chi connectivity index (χ0v) is 12.7. The first-order valence-electron chi connectivity index (χ1n) is 6.55. The van der Waals surface area contributed by atoms with Crippen molar-refractivity contribution in [2.45, 2.75) is 37.0 Å². The van der Waals surface area contributed by atoms with Gasteiger partial charge in [0.05, 0.1) is 0 Å². The van der Waals surface area contributed by atoms with Crippen LogP contribution in [0.2, 0.25) is 0 Å². The molecule has 0 fully saturated rings. The highest BCUT2D eigenvalue weighted by Gasteiger charge is 2.64. The number of hydrogen-bond donors (Lipinski definition) is 0. The monoisotopic (exact) mass is 380 g/mol. The van der Waals surface area contributed by atoms with E-state index in [2.05, 4.69) is 0 Å². The van der Waals surface area contributed by atoms with E-state index in [1.54, 1.807) is 6.07 Å². The predicted octanol–water partition coefficient (Wildman–Crippen LogP) is 5.16. The molecule has 0 saturated heterocycles. The first kappa shape index (κ1) is 20.7. The first-order chi connectivity index (χ1) is 11.0. The number of alkyl halides is 8. The zero-order chi connectivity index (χ0) is 18.5. The maximum atomic E-state index is 13.4. The normalized spacial score (nSPS) is 15.4. The summed E-state index contributed by atoms with van der Waals surface area (Å²) in [5.41, 5.74) is 0.206. The summed E-state index contributed by atoms with van der Waals surface area (Å²) in [5.74, 6) is -11.5. The molecule has 24 heavy (non-hydrogen) atoms. The number of halogens is 8. The van der Waals surface area contributed by atoms with Crippen molar-refractivity contribution in [3.63, 3.8) is 0 Å². The second-order valence-corrected chi connectivity index (χ2v) is 5.84. The van der Waals surface area contributed by atoms with E-state index in [0.717, 1.165) is 0 Å². The van der Waals surface area contributed by atoms with E-state index in [4.69, 9.17) is 0 Å². The third kappa shape index (κ3) is 4.84. The Labute approximate surface area is 136 Å². The molecule has 1 aromatic rings. The molecular weight excluding hydrogens is 368 g/mol. The third-order valence-electron chi connectivity index (χ3n) is 3.00. The van der Waals surface area contributed by atoms with Crippen LogP contribution in [0.3, 0.4) is 0 Å². The molecule has 1 nitrogen and oxygen atoms in total. The van der Waals surface area contributed by atoms with Gasteiger partial charge >= 0.3 is 18.3 Å². The Kier molecular flexibility index (Phi) is 7.06. The number of carbonyl (C=O) groups excluding carboxylic acids is 1. The molecule has 1 aromatic carbocycles. The molecule has 0 saturated carbocycles. The summed E-state index contributed by atoms with van der Waals surface area (Å²) in [6.45, 7) is 0. The Balaban J connectivity index is 2.60. The lowest BCUT2D eigenvalue weighted by Crippen LogP contribution is -2.53. The van der Waals surface area contributed by atoms with E-state index in [0.29, 0.717) is 11.8 Å². The molecule has 0 aliphatic heterocycles. The smallest absolute Gasteiger partial charge is 0.282 e. The average molecular weight is 380 g/mol. The van der Waals surface area contributed by atoms with Crippen molar-refractivity contribution in [3.05, 3.63) is 35.9 Å².